The zero-order valence-corrected chi connectivity index (χ0v) is 14.8. The van der Waals surface area contributed by atoms with Crippen LogP contribution >= 0.6 is 0 Å². The molecule has 4 rings (SSSR count). The summed E-state index contributed by atoms with van der Waals surface area (Å²) in [6.07, 6.45) is 6.36. The number of fused-ring (bicyclic) bond motifs is 1. The van der Waals surface area contributed by atoms with Crippen LogP contribution in [0.2, 0.25) is 0 Å². The third-order valence-electron chi connectivity index (χ3n) is 6.26. The van der Waals surface area contributed by atoms with Crippen molar-refractivity contribution in [2.75, 3.05) is 39.5 Å². The minimum Gasteiger partial charge on any atom is -0.381 e. The van der Waals surface area contributed by atoms with Crippen LogP contribution in [0.25, 0.3) is 0 Å². The van der Waals surface area contributed by atoms with Gasteiger partial charge in [0.1, 0.15) is 5.76 Å². The van der Waals surface area contributed by atoms with Gasteiger partial charge in [0.25, 0.3) is 0 Å². The van der Waals surface area contributed by atoms with Crippen molar-refractivity contribution in [2.24, 2.45) is 17.3 Å². The van der Waals surface area contributed by atoms with Gasteiger partial charge in [0.2, 0.25) is 0 Å². The molecule has 1 aromatic rings. The van der Waals surface area contributed by atoms with Gasteiger partial charge < -0.3 is 14.0 Å². The molecule has 0 aromatic carbocycles. The molecule has 5 heteroatoms. The molecule has 2 atom stereocenters. The summed E-state index contributed by atoms with van der Waals surface area (Å²) in [5.74, 6) is 2.39. The number of nitrogens with zero attached hydrogens (tertiary/aromatic N) is 2. The van der Waals surface area contributed by atoms with Crippen LogP contribution in [0.15, 0.2) is 10.6 Å². The van der Waals surface area contributed by atoms with E-state index >= 15 is 0 Å². The van der Waals surface area contributed by atoms with E-state index in [-0.39, 0.29) is 0 Å². The van der Waals surface area contributed by atoms with Gasteiger partial charge in [-0.1, -0.05) is 11.6 Å². The molecule has 134 valence electrons. The molecule has 1 saturated carbocycles. The van der Waals surface area contributed by atoms with Crippen LogP contribution in [0.4, 0.5) is 0 Å². The van der Waals surface area contributed by atoms with Crippen LogP contribution in [-0.2, 0) is 16.0 Å². The quantitative estimate of drug-likeness (QED) is 0.800. The molecular formula is C19H30N2O3. The van der Waals surface area contributed by atoms with E-state index in [0.717, 1.165) is 69.7 Å². The second-order valence-electron chi connectivity index (χ2n) is 8.12. The van der Waals surface area contributed by atoms with E-state index in [1.165, 1.54) is 25.8 Å². The normalized spacial score (nSPS) is 31.6. The lowest BCUT2D eigenvalue weighted by molar-refractivity contribution is -0.0127. The Kier molecular flexibility index (Phi) is 4.93. The maximum atomic E-state index is 6.25. The lowest BCUT2D eigenvalue weighted by atomic mass is 9.81. The maximum absolute atomic E-state index is 6.25. The Morgan fingerprint density at radius 1 is 1.33 bits per heavy atom. The van der Waals surface area contributed by atoms with Crippen LogP contribution in [0.3, 0.4) is 0 Å². The van der Waals surface area contributed by atoms with Crippen molar-refractivity contribution < 1.29 is 14.0 Å². The van der Waals surface area contributed by atoms with Crippen molar-refractivity contribution in [3.8, 4) is 0 Å². The van der Waals surface area contributed by atoms with E-state index in [2.05, 4.69) is 16.1 Å². The first-order valence-electron chi connectivity index (χ1n) is 9.54. The Bertz CT molecular complexity index is 540. The zero-order valence-electron chi connectivity index (χ0n) is 14.8. The Morgan fingerprint density at radius 2 is 2.21 bits per heavy atom. The van der Waals surface area contributed by atoms with Crippen LogP contribution in [0.1, 0.15) is 43.6 Å². The van der Waals surface area contributed by atoms with Crippen LogP contribution in [0, 0.1) is 24.2 Å². The lowest BCUT2D eigenvalue weighted by Gasteiger charge is -2.30. The number of hydrogen-bond donors (Lipinski definition) is 0. The molecule has 24 heavy (non-hydrogen) atoms. The number of aromatic nitrogens is 1. The molecule has 5 nitrogen and oxygen atoms in total. The fourth-order valence-corrected chi connectivity index (χ4v) is 4.95. The summed E-state index contributed by atoms with van der Waals surface area (Å²) in [5, 5.41) is 4.16. The Hall–Kier alpha value is -0.910. The number of aryl methyl sites for hydroxylation is 1. The summed E-state index contributed by atoms with van der Waals surface area (Å²) in [6, 6.07) is 2.06. The van der Waals surface area contributed by atoms with E-state index in [0.29, 0.717) is 11.3 Å². The van der Waals surface area contributed by atoms with E-state index < -0.39 is 0 Å². The summed E-state index contributed by atoms with van der Waals surface area (Å²) in [6.45, 7) is 8.88. The van der Waals surface area contributed by atoms with Crippen LogP contribution in [0.5, 0.6) is 0 Å². The van der Waals surface area contributed by atoms with Crippen molar-refractivity contribution in [3.05, 3.63) is 17.5 Å². The highest BCUT2D eigenvalue weighted by Gasteiger charge is 2.49. The summed E-state index contributed by atoms with van der Waals surface area (Å²) in [4.78, 5) is 2.55. The molecule has 3 aliphatic rings. The number of ether oxygens (including phenoxy) is 2. The van der Waals surface area contributed by atoms with Gasteiger partial charge in [0, 0.05) is 50.9 Å². The van der Waals surface area contributed by atoms with Gasteiger partial charge >= 0.3 is 0 Å². The molecule has 0 unspecified atom stereocenters. The van der Waals surface area contributed by atoms with Crippen LogP contribution < -0.4 is 0 Å². The molecule has 0 N–H and O–H groups in total. The van der Waals surface area contributed by atoms with E-state index in [9.17, 15) is 0 Å². The summed E-state index contributed by atoms with van der Waals surface area (Å²) >= 11 is 0. The molecule has 2 saturated heterocycles. The molecule has 1 aliphatic carbocycles. The molecule has 0 amide bonds. The van der Waals surface area contributed by atoms with Crippen molar-refractivity contribution in [1.29, 1.82) is 0 Å². The van der Waals surface area contributed by atoms with Crippen molar-refractivity contribution >= 4 is 0 Å². The fraction of sp³-hybridized carbons (Fsp3) is 0.842. The SMILES string of the molecule is Cc1cc(CN2C[C@H]3CCC[C@@]3(COCC3CCOCC3)C2)no1. The van der Waals surface area contributed by atoms with Gasteiger partial charge in [0.05, 0.1) is 12.3 Å². The first-order chi connectivity index (χ1) is 11.7. The Labute approximate surface area is 144 Å². The van der Waals surface area contributed by atoms with E-state index in [1.54, 1.807) is 0 Å². The second-order valence-corrected chi connectivity index (χ2v) is 8.12. The van der Waals surface area contributed by atoms with Gasteiger partial charge in [0.15, 0.2) is 0 Å². The first kappa shape index (κ1) is 16.6. The average molecular weight is 334 g/mol. The highest BCUT2D eigenvalue weighted by molar-refractivity contribution is 5.06. The minimum atomic E-state index is 0.379. The first-order valence-corrected chi connectivity index (χ1v) is 9.54. The van der Waals surface area contributed by atoms with Crippen molar-refractivity contribution in [2.45, 2.75) is 45.6 Å². The van der Waals surface area contributed by atoms with Gasteiger partial charge in [-0.2, -0.15) is 0 Å². The predicted octanol–water partition coefficient (Wildman–Crippen LogP) is 3.03. The van der Waals surface area contributed by atoms with E-state index in [4.69, 9.17) is 14.0 Å². The van der Waals surface area contributed by atoms with Gasteiger partial charge in [-0.25, -0.2) is 0 Å². The van der Waals surface area contributed by atoms with Gasteiger partial charge in [-0.15, -0.1) is 0 Å². The third-order valence-corrected chi connectivity index (χ3v) is 6.26. The van der Waals surface area contributed by atoms with Crippen molar-refractivity contribution in [1.82, 2.24) is 10.1 Å². The minimum absolute atomic E-state index is 0.379. The fourth-order valence-electron chi connectivity index (χ4n) is 4.95. The lowest BCUT2D eigenvalue weighted by Crippen LogP contribution is -2.33. The molecule has 2 aliphatic heterocycles. The van der Waals surface area contributed by atoms with Gasteiger partial charge in [-0.3, -0.25) is 4.90 Å². The standard InChI is InChI=1S/C19H30N2O3/c1-15-9-18(20-24-15)11-21-10-17-3-2-6-19(17,13-21)14-23-12-16-4-7-22-8-5-16/h9,16-17H,2-8,10-14H2,1H3/t17-,19+/m1/s1. The summed E-state index contributed by atoms with van der Waals surface area (Å²) in [7, 11) is 0. The predicted molar refractivity (Wildman–Crippen MR) is 90.7 cm³/mol. The number of rotatable bonds is 6. The number of hydrogen-bond acceptors (Lipinski definition) is 5. The molecule has 0 spiro atoms. The Morgan fingerprint density at radius 3 is 3.00 bits per heavy atom. The molecule has 0 radical (unpaired) electrons. The third kappa shape index (κ3) is 3.53. The summed E-state index contributed by atoms with van der Waals surface area (Å²) < 4.78 is 16.9. The number of likely N-dealkylation sites (tertiary alicyclic amines) is 1. The molecule has 3 heterocycles. The molecular weight excluding hydrogens is 304 g/mol. The summed E-state index contributed by atoms with van der Waals surface area (Å²) in [5.41, 5.74) is 1.44. The largest absolute Gasteiger partial charge is 0.381 e. The highest BCUT2D eigenvalue weighted by atomic mass is 16.5. The zero-order chi connectivity index (χ0) is 16.4. The Balaban J connectivity index is 1.30. The molecule has 3 fully saturated rings. The van der Waals surface area contributed by atoms with E-state index in [1.807, 2.05) is 6.92 Å². The topological polar surface area (TPSA) is 47.7 Å². The monoisotopic (exact) mass is 334 g/mol. The van der Waals surface area contributed by atoms with Gasteiger partial charge in [-0.05, 0) is 44.4 Å². The maximum Gasteiger partial charge on any atom is 0.133 e. The average Bonchev–Trinajstić information content (AvgIpc) is 3.23. The second kappa shape index (κ2) is 7.14. The highest BCUT2D eigenvalue weighted by Crippen LogP contribution is 2.49. The molecule has 1 aromatic heterocycles. The smallest absolute Gasteiger partial charge is 0.133 e. The molecule has 0 bridgehead atoms. The van der Waals surface area contributed by atoms with Crippen molar-refractivity contribution in [3.63, 3.8) is 0 Å². The van der Waals surface area contributed by atoms with Crippen LogP contribution in [-0.4, -0.2) is 49.6 Å².